The van der Waals surface area contributed by atoms with E-state index in [1.165, 1.54) is 4.88 Å². The Hall–Kier alpha value is -3.24. The van der Waals surface area contributed by atoms with Gasteiger partial charge in [0.15, 0.2) is 0 Å². The van der Waals surface area contributed by atoms with Crippen LogP contribution >= 0.6 is 11.3 Å². The number of likely N-dealkylation sites (N-methyl/N-ethyl adjacent to an activating group) is 1. The summed E-state index contributed by atoms with van der Waals surface area (Å²) in [5, 5.41) is 4.36. The first-order chi connectivity index (χ1) is 17.8. The molecule has 194 valence electrons. The third-order valence-corrected chi connectivity index (χ3v) is 8.48. The zero-order valence-corrected chi connectivity index (χ0v) is 22.8. The monoisotopic (exact) mass is 518 g/mol. The number of hydrogen-bond acceptors (Lipinski definition) is 8. The van der Waals surface area contributed by atoms with Gasteiger partial charge in [0.1, 0.15) is 16.3 Å². The number of aromatic nitrogens is 4. The molecule has 4 aromatic rings. The number of carbonyl (C=O) groups excluding carboxylic acids is 1. The minimum atomic E-state index is -0.544. The molecule has 2 aliphatic rings. The number of thiophene rings is 1. The minimum absolute atomic E-state index is 0.0645. The van der Waals surface area contributed by atoms with Crippen LogP contribution in [0.2, 0.25) is 0 Å². The molecular formula is C27H34N8OS. The first-order valence-corrected chi connectivity index (χ1v) is 13.8. The number of fused-ring (bicyclic) bond motifs is 2. The lowest BCUT2D eigenvalue weighted by molar-refractivity contribution is -0.127. The molecule has 2 fully saturated rings. The smallest absolute Gasteiger partial charge is 0.228 e. The third-order valence-electron chi connectivity index (χ3n) is 7.53. The second-order valence-corrected chi connectivity index (χ2v) is 12.1. The number of anilines is 2. The fraction of sp³-hybridized carbons (Fsp3) is 0.481. The molecule has 37 heavy (non-hydrogen) atoms. The van der Waals surface area contributed by atoms with Crippen LogP contribution in [0.5, 0.6) is 0 Å². The Labute approximate surface area is 221 Å². The summed E-state index contributed by atoms with van der Waals surface area (Å²) < 4.78 is 2.03. The molecule has 2 saturated heterocycles. The number of nitrogens with zero attached hydrogens (tertiary/aromatic N) is 7. The number of rotatable bonds is 5. The van der Waals surface area contributed by atoms with Gasteiger partial charge in [0, 0.05) is 43.8 Å². The van der Waals surface area contributed by atoms with Crippen LogP contribution in [0.15, 0.2) is 36.7 Å². The van der Waals surface area contributed by atoms with E-state index in [4.69, 9.17) is 9.97 Å². The molecule has 1 N–H and O–H groups in total. The summed E-state index contributed by atoms with van der Waals surface area (Å²) in [7, 11) is 2.17. The summed E-state index contributed by atoms with van der Waals surface area (Å²) in [6.07, 6.45) is 4.94. The Morgan fingerprint density at radius 3 is 2.78 bits per heavy atom. The maximum Gasteiger partial charge on any atom is 0.228 e. The maximum absolute atomic E-state index is 13.3. The third kappa shape index (κ3) is 4.53. The Kier molecular flexibility index (Phi) is 6.03. The van der Waals surface area contributed by atoms with Crippen molar-refractivity contribution in [1.82, 2.24) is 29.6 Å². The largest absolute Gasteiger partial charge is 0.354 e. The topological polar surface area (TPSA) is 81.9 Å². The number of amides is 1. The highest BCUT2D eigenvalue weighted by molar-refractivity contribution is 7.18. The summed E-state index contributed by atoms with van der Waals surface area (Å²) >= 11 is 1.71. The van der Waals surface area contributed by atoms with E-state index in [0.717, 1.165) is 65.9 Å². The lowest BCUT2D eigenvalue weighted by atomic mass is 9.95. The van der Waals surface area contributed by atoms with Crippen molar-refractivity contribution in [2.24, 2.45) is 5.92 Å². The van der Waals surface area contributed by atoms with E-state index in [1.54, 1.807) is 11.3 Å². The molecule has 0 saturated carbocycles. The normalized spacial score (nSPS) is 17.8. The Morgan fingerprint density at radius 1 is 1.11 bits per heavy atom. The molecule has 1 amide bonds. The molecule has 0 spiro atoms. The maximum atomic E-state index is 13.3. The number of imidazole rings is 1. The second-order valence-electron chi connectivity index (χ2n) is 10.9. The van der Waals surface area contributed by atoms with Gasteiger partial charge >= 0.3 is 0 Å². The highest BCUT2D eigenvalue weighted by Gasteiger charge is 2.38. The van der Waals surface area contributed by atoms with Gasteiger partial charge in [-0.25, -0.2) is 9.97 Å². The number of aryl methyl sites for hydroxylation is 1. The van der Waals surface area contributed by atoms with Gasteiger partial charge < -0.3 is 24.4 Å². The standard InChI is InChI=1S/C27H34N8OS/c1-18-14-20-23(29-26(30-25(20)37-18)33-10-7-9-32(4)12-13-33)34-16-19(17-34)24(36)31-27(2,3)21-15-28-22-8-5-6-11-35(21)22/h5-6,8,11,14-15,19H,7,9-10,12-13,16-17H2,1-4H3,(H,31,36). The molecule has 0 aromatic carbocycles. The van der Waals surface area contributed by atoms with E-state index >= 15 is 0 Å². The van der Waals surface area contributed by atoms with Crippen LogP contribution in [0.25, 0.3) is 15.9 Å². The van der Waals surface area contributed by atoms with Crippen LogP contribution in [0.1, 0.15) is 30.8 Å². The zero-order valence-electron chi connectivity index (χ0n) is 21.9. The Bertz CT molecular complexity index is 1450. The Morgan fingerprint density at radius 2 is 1.95 bits per heavy atom. The molecule has 0 atom stereocenters. The number of pyridine rings is 1. The van der Waals surface area contributed by atoms with E-state index in [9.17, 15) is 4.79 Å². The number of hydrogen-bond donors (Lipinski definition) is 1. The zero-order chi connectivity index (χ0) is 25.7. The van der Waals surface area contributed by atoms with Crippen molar-refractivity contribution in [2.75, 3.05) is 56.1 Å². The first kappa shape index (κ1) is 24.1. The fourth-order valence-electron chi connectivity index (χ4n) is 5.33. The van der Waals surface area contributed by atoms with E-state index < -0.39 is 5.54 Å². The van der Waals surface area contributed by atoms with E-state index in [2.05, 4.69) is 45.0 Å². The van der Waals surface area contributed by atoms with Gasteiger partial charge in [-0.2, -0.15) is 4.98 Å². The Balaban J connectivity index is 1.19. The predicted molar refractivity (Wildman–Crippen MR) is 149 cm³/mol. The molecule has 6 rings (SSSR count). The molecule has 4 aromatic heterocycles. The van der Waals surface area contributed by atoms with Gasteiger partial charge in [0.05, 0.1) is 28.7 Å². The summed E-state index contributed by atoms with van der Waals surface area (Å²) in [6.45, 7) is 11.5. The van der Waals surface area contributed by atoms with Gasteiger partial charge in [0.2, 0.25) is 11.9 Å². The molecule has 0 aliphatic carbocycles. The average molecular weight is 519 g/mol. The molecule has 0 bridgehead atoms. The van der Waals surface area contributed by atoms with Gasteiger partial charge in [-0.3, -0.25) is 4.79 Å². The van der Waals surface area contributed by atoms with Crippen LogP contribution in [0, 0.1) is 12.8 Å². The molecule has 0 radical (unpaired) electrons. The summed E-state index contributed by atoms with van der Waals surface area (Å²) in [5.74, 6) is 1.74. The lowest BCUT2D eigenvalue weighted by Gasteiger charge is -2.41. The predicted octanol–water partition coefficient (Wildman–Crippen LogP) is 3.28. The number of carbonyl (C=O) groups is 1. The minimum Gasteiger partial charge on any atom is -0.354 e. The van der Waals surface area contributed by atoms with Crippen molar-refractivity contribution in [3.05, 3.63) is 47.2 Å². The number of nitrogens with one attached hydrogen (secondary N) is 1. The van der Waals surface area contributed by atoms with Gasteiger partial charge in [-0.15, -0.1) is 11.3 Å². The average Bonchev–Trinajstić information content (AvgIpc) is 3.36. The van der Waals surface area contributed by atoms with Crippen LogP contribution in [0.4, 0.5) is 11.8 Å². The molecule has 6 heterocycles. The van der Waals surface area contributed by atoms with E-state index in [0.29, 0.717) is 13.1 Å². The lowest BCUT2D eigenvalue weighted by Crippen LogP contribution is -2.57. The van der Waals surface area contributed by atoms with Crippen LogP contribution < -0.4 is 15.1 Å². The van der Waals surface area contributed by atoms with Gasteiger partial charge in [0.25, 0.3) is 0 Å². The SMILES string of the molecule is Cc1cc2c(N3CC(C(=O)NC(C)(C)c4cnc5ccccn45)C3)nc(N3CCCN(C)CC3)nc2s1. The van der Waals surface area contributed by atoms with Crippen molar-refractivity contribution in [3.8, 4) is 0 Å². The van der Waals surface area contributed by atoms with Crippen LogP contribution in [-0.2, 0) is 10.3 Å². The molecule has 10 heteroatoms. The van der Waals surface area contributed by atoms with Crippen molar-refractivity contribution >= 4 is 44.9 Å². The van der Waals surface area contributed by atoms with E-state index in [-0.39, 0.29) is 11.8 Å². The molecule has 0 unspecified atom stereocenters. The van der Waals surface area contributed by atoms with Crippen molar-refractivity contribution in [3.63, 3.8) is 0 Å². The highest BCUT2D eigenvalue weighted by Crippen LogP contribution is 2.36. The molecule has 2 aliphatic heterocycles. The molecular weight excluding hydrogens is 484 g/mol. The summed E-state index contributed by atoms with van der Waals surface area (Å²) in [6, 6.07) is 8.09. The first-order valence-electron chi connectivity index (χ1n) is 13.0. The quantitative estimate of drug-likeness (QED) is 0.434. The summed E-state index contributed by atoms with van der Waals surface area (Å²) in [5.41, 5.74) is 1.30. The summed E-state index contributed by atoms with van der Waals surface area (Å²) in [4.78, 5) is 36.9. The van der Waals surface area contributed by atoms with Crippen LogP contribution in [-0.4, -0.2) is 76.5 Å². The van der Waals surface area contributed by atoms with Gasteiger partial charge in [-0.05, 0) is 59.0 Å². The van der Waals surface area contributed by atoms with Crippen LogP contribution in [0.3, 0.4) is 0 Å². The van der Waals surface area contributed by atoms with Crippen molar-refractivity contribution < 1.29 is 4.79 Å². The fourth-order valence-corrected chi connectivity index (χ4v) is 6.20. The van der Waals surface area contributed by atoms with E-state index in [1.807, 2.05) is 48.8 Å². The van der Waals surface area contributed by atoms with Gasteiger partial charge in [-0.1, -0.05) is 6.07 Å². The van der Waals surface area contributed by atoms with Crippen molar-refractivity contribution in [1.29, 1.82) is 0 Å². The van der Waals surface area contributed by atoms with Crippen molar-refractivity contribution in [2.45, 2.75) is 32.7 Å². The highest BCUT2D eigenvalue weighted by atomic mass is 32.1. The molecule has 9 nitrogen and oxygen atoms in total. The second kappa shape index (κ2) is 9.25.